The Bertz CT molecular complexity index is 306. The van der Waals surface area contributed by atoms with Crippen LogP contribution in [0.1, 0.15) is 5.56 Å². The van der Waals surface area contributed by atoms with Crippen molar-refractivity contribution in [1.82, 2.24) is 0 Å². The summed E-state index contributed by atoms with van der Waals surface area (Å²) in [6.45, 7) is 0. The molecule has 0 amide bonds. The molecule has 0 bridgehead atoms. The molecule has 0 aromatic heterocycles. The number of hydrogen-bond acceptors (Lipinski definition) is 1. The number of rotatable bonds is 2. The van der Waals surface area contributed by atoms with Crippen LogP contribution in [-0.4, -0.2) is 0 Å². The van der Waals surface area contributed by atoms with Gasteiger partial charge in [-0.05, 0) is 24.1 Å². The highest BCUT2D eigenvalue weighted by Gasteiger charge is 1.88. The topological polar surface area (TPSA) is 23.8 Å². The van der Waals surface area contributed by atoms with Crippen molar-refractivity contribution in [3.8, 4) is 6.07 Å². The Kier molecular flexibility index (Phi) is 3.56. The number of nitriles is 1. The molecule has 1 aromatic rings. The molecule has 0 saturated heterocycles. The molecule has 1 rings (SSSR count). The van der Waals surface area contributed by atoms with E-state index in [1.54, 1.807) is 0 Å². The van der Waals surface area contributed by atoms with E-state index in [1.807, 2.05) is 36.4 Å². The minimum absolute atomic E-state index is 0.820. The van der Waals surface area contributed by atoms with Crippen LogP contribution in [-0.2, 0) is 6.42 Å². The molecule has 0 fully saturated rings. The van der Waals surface area contributed by atoms with Gasteiger partial charge in [0.1, 0.15) is 0 Å². The highest BCUT2D eigenvalue weighted by atomic mass is 79.9. The second-order valence-corrected chi connectivity index (χ2v) is 3.28. The van der Waals surface area contributed by atoms with E-state index >= 15 is 0 Å². The third kappa shape index (κ3) is 2.89. The SMILES string of the molecule is N#CC=CCc1ccc(Br)cc1. The fourth-order valence-electron chi connectivity index (χ4n) is 0.868. The molecule has 0 aliphatic carbocycles. The molecular formula is C10H8BrN. The van der Waals surface area contributed by atoms with Crippen LogP contribution < -0.4 is 0 Å². The lowest BCUT2D eigenvalue weighted by atomic mass is 10.1. The molecule has 12 heavy (non-hydrogen) atoms. The Morgan fingerprint density at radius 1 is 1.33 bits per heavy atom. The number of allylic oxidation sites excluding steroid dienone is 2. The molecule has 0 atom stereocenters. The fraction of sp³-hybridized carbons (Fsp3) is 0.100. The lowest BCUT2D eigenvalue weighted by Crippen LogP contribution is -1.78. The van der Waals surface area contributed by atoms with Gasteiger partial charge in [0, 0.05) is 10.5 Å². The van der Waals surface area contributed by atoms with Gasteiger partial charge in [0.05, 0.1) is 6.07 Å². The second kappa shape index (κ2) is 4.74. The minimum atomic E-state index is 0.820. The molecular weight excluding hydrogens is 214 g/mol. The summed E-state index contributed by atoms with van der Waals surface area (Å²) in [6, 6.07) is 10.0. The van der Waals surface area contributed by atoms with Gasteiger partial charge in [0.2, 0.25) is 0 Å². The van der Waals surface area contributed by atoms with Gasteiger partial charge >= 0.3 is 0 Å². The summed E-state index contributed by atoms with van der Waals surface area (Å²) in [5.74, 6) is 0. The second-order valence-electron chi connectivity index (χ2n) is 2.36. The van der Waals surface area contributed by atoms with E-state index < -0.39 is 0 Å². The first-order valence-electron chi connectivity index (χ1n) is 3.62. The maximum absolute atomic E-state index is 8.24. The van der Waals surface area contributed by atoms with Gasteiger partial charge in [-0.15, -0.1) is 0 Å². The molecule has 0 heterocycles. The van der Waals surface area contributed by atoms with E-state index in [4.69, 9.17) is 5.26 Å². The number of hydrogen-bond donors (Lipinski definition) is 0. The van der Waals surface area contributed by atoms with E-state index in [-0.39, 0.29) is 0 Å². The zero-order chi connectivity index (χ0) is 8.81. The molecule has 0 spiro atoms. The van der Waals surface area contributed by atoms with Crippen LogP contribution in [0.5, 0.6) is 0 Å². The van der Waals surface area contributed by atoms with Crippen molar-refractivity contribution >= 4 is 15.9 Å². The Morgan fingerprint density at radius 3 is 2.58 bits per heavy atom. The standard InChI is InChI=1S/C10H8BrN/c11-10-6-4-9(5-7-10)3-1-2-8-12/h1-2,4-7H,3H2. The van der Waals surface area contributed by atoms with E-state index in [2.05, 4.69) is 15.9 Å². The molecule has 0 saturated carbocycles. The van der Waals surface area contributed by atoms with Crippen molar-refractivity contribution in [3.63, 3.8) is 0 Å². The summed E-state index contributed by atoms with van der Waals surface area (Å²) in [4.78, 5) is 0. The summed E-state index contributed by atoms with van der Waals surface area (Å²) in [5, 5.41) is 8.24. The Morgan fingerprint density at radius 2 is 2.00 bits per heavy atom. The first-order valence-corrected chi connectivity index (χ1v) is 4.41. The van der Waals surface area contributed by atoms with Crippen LogP contribution in [0, 0.1) is 11.3 Å². The largest absolute Gasteiger partial charge is 0.193 e. The zero-order valence-electron chi connectivity index (χ0n) is 6.50. The molecule has 0 unspecified atom stereocenters. The maximum Gasteiger partial charge on any atom is 0.0908 e. The van der Waals surface area contributed by atoms with E-state index in [1.165, 1.54) is 11.6 Å². The smallest absolute Gasteiger partial charge is 0.0908 e. The van der Waals surface area contributed by atoms with Crippen molar-refractivity contribution in [1.29, 1.82) is 5.26 Å². The molecule has 0 aliphatic rings. The normalized spacial score (nSPS) is 10.0. The lowest BCUT2D eigenvalue weighted by molar-refractivity contribution is 1.27. The van der Waals surface area contributed by atoms with Crippen LogP contribution in [0.15, 0.2) is 40.9 Å². The molecule has 1 aromatic carbocycles. The molecule has 1 nitrogen and oxygen atoms in total. The van der Waals surface area contributed by atoms with E-state index in [0.29, 0.717) is 0 Å². The van der Waals surface area contributed by atoms with Gasteiger partial charge in [-0.1, -0.05) is 34.1 Å². The zero-order valence-corrected chi connectivity index (χ0v) is 8.08. The Hall–Kier alpha value is -1.07. The van der Waals surface area contributed by atoms with Crippen LogP contribution >= 0.6 is 15.9 Å². The molecule has 0 radical (unpaired) electrons. The predicted molar refractivity (Wildman–Crippen MR) is 52.6 cm³/mol. The fourth-order valence-corrected chi connectivity index (χ4v) is 1.13. The number of halogens is 1. The van der Waals surface area contributed by atoms with E-state index in [9.17, 15) is 0 Å². The lowest BCUT2D eigenvalue weighted by Gasteiger charge is -1.94. The average Bonchev–Trinajstić information content (AvgIpc) is 2.09. The average molecular weight is 222 g/mol. The van der Waals surface area contributed by atoms with Gasteiger partial charge in [0.15, 0.2) is 0 Å². The van der Waals surface area contributed by atoms with Crippen molar-refractivity contribution in [2.45, 2.75) is 6.42 Å². The van der Waals surface area contributed by atoms with Crippen molar-refractivity contribution in [3.05, 3.63) is 46.5 Å². The number of nitrogens with zero attached hydrogens (tertiary/aromatic N) is 1. The molecule has 60 valence electrons. The molecule has 2 heteroatoms. The predicted octanol–water partition coefficient (Wildman–Crippen LogP) is 3.07. The van der Waals surface area contributed by atoms with Crippen molar-refractivity contribution < 1.29 is 0 Å². The minimum Gasteiger partial charge on any atom is -0.193 e. The third-order valence-corrected chi connectivity index (χ3v) is 1.99. The Balaban J connectivity index is 2.60. The van der Waals surface area contributed by atoms with Crippen LogP contribution in [0.25, 0.3) is 0 Å². The third-order valence-electron chi connectivity index (χ3n) is 1.46. The van der Waals surface area contributed by atoms with Crippen LogP contribution in [0.3, 0.4) is 0 Å². The van der Waals surface area contributed by atoms with Gasteiger partial charge in [-0.25, -0.2) is 0 Å². The summed E-state index contributed by atoms with van der Waals surface area (Å²) >= 11 is 3.36. The Labute approximate surface area is 80.5 Å². The van der Waals surface area contributed by atoms with Gasteiger partial charge in [-0.3, -0.25) is 0 Å². The first kappa shape index (κ1) is 9.02. The van der Waals surface area contributed by atoms with Gasteiger partial charge in [-0.2, -0.15) is 5.26 Å². The monoisotopic (exact) mass is 221 g/mol. The van der Waals surface area contributed by atoms with Crippen molar-refractivity contribution in [2.24, 2.45) is 0 Å². The van der Waals surface area contributed by atoms with Crippen LogP contribution in [0.4, 0.5) is 0 Å². The summed E-state index contributed by atoms with van der Waals surface area (Å²) < 4.78 is 1.08. The summed E-state index contributed by atoms with van der Waals surface area (Å²) in [6.07, 6.45) is 4.17. The molecule has 0 aliphatic heterocycles. The van der Waals surface area contributed by atoms with Crippen LogP contribution in [0.2, 0.25) is 0 Å². The molecule has 0 N–H and O–H groups in total. The summed E-state index contributed by atoms with van der Waals surface area (Å²) in [7, 11) is 0. The maximum atomic E-state index is 8.24. The van der Waals surface area contributed by atoms with E-state index in [0.717, 1.165) is 10.9 Å². The quantitative estimate of drug-likeness (QED) is 0.705. The summed E-state index contributed by atoms with van der Waals surface area (Å²) in [5.41, 5.74) is 1.21. The first-order chi connectivity index (χ1) is 5.83. The van der Waals surface area contributed by atoms with Gasteiger partial charge < -0.3 is 0 Å². The van der Waals surface area contributed by atoms with Gasteiger partial charge in [0.25, 0.3) is 0 Å². The highest BCUT2D eigenvalue weighted by Crippen LogP contribution is 2.10. The number of benzene rings is 1. The van der Waals surface area contributed by atoms with Crippen molar-refractivity contribution in [2.75, 3.05) is 0 Å². The highest BCUT2D eigenvalue weighted by molar-refractivity contribution is 9.10.